The predicted octanol–water partition coefficient (Wildman–Crippen LogP) is 5.53. The van der Waals surface area contributed by atoms with Crippen LogP contribution in [0.5, 0.6) is 0 Å². The largest absolute Gasteiger partial charge is 0.351 e. The molecule has 1 aromatic carbocycles. The average molecular weight is 498 g/mol. The number of carbonyl (C=O) groups excluding carboxylic acids is 3. The van der Waals surface area contributed by atoms with E-state index in [1.54, 1.807) is 0 Å². The number of unbranched alkanes of at least 4 members (excludes halogenated alkanes) is 6. The van der Waals surface area contributed by atoms with E-state index in [1.807, 2.05) is 36.1 Å². The molecule has 1 aliphatic heterocycles. The number of likely N-dealkylation sites (tertiary alicyclic amines) is 1. The smallest absolute Gasteiger partial charge is 0.251 e. The molecule has 1 aliphatic carbocycles. The zero-order valence-corrected chi connectivity index (χ0v) is 22.5. The van der Waals surface area contributed by atoms with Crippen molar-refractivity contribution in [3.05, 3.63) is 35.4 Å². The van der Waals surface area contributed by atoms with Crippen LogP contribution in [0.3, 0.4) is 0 Å². The number of piperidine rings is 1. The Morgan fingerprint density at radius 1 is 0.861 bits per heavy atom. The molecule has 0 radical (unpaired) electrons. The van der Waals surface area contributed by atoms with E-state index in [-0.39, 0.29) is 35.7 Å². The summed E-state index contributed by atoms with van der Waals surface area (Å²) in [6, 6.07) is 7.49. The fourth-order valence-corrected chi connectivity index (χ4v) is 5.66. The Morgan fingerprint density at radius 3 is 2.25 bits per heavy atom. The van der Waals surface area contributed by atoms with Crippen LogP contribution in [0.2, 0.25) is 0 Å². The molecule has 0 aromatic heterocycles. The van der Waals surface area contributed by atoms with Gasteiger partial charge < -0.3 is 15.5 Å². The molecule has 3 amide bonds. The molecule has 0 spiro atoms. The van der Waals surface area contributed by atoms with E-state index in [9.17, 15) is 14.4 Å². The lowest BCUT2D eigenvalue weighted by Gasteiger charge is -2.36. The minimum Gasteiger partial charge on any atom is -0.351 e. The lowest BCUT2D eigenvalue weighted by atomic mass is 9.88. The molecular formula is C30H47N3O3. The van der Waals surface area contributed by atoms with Gasteiger partial charge in [-0.1, -0.05) is 76.5 Å². The van der Waals surface area contributed by atoms with Gasteiger partial charge in [0.05, 0.1) is 5.92 Å². The van der Waals surface area contributed by atoms with Crippen LogP contribution in [0.15, 0.2) is 24.3 Å². The summed E-state index contributed by atoms with van der Waals surface area (Å²) in [5, 5.41) is 6.44. The predicted molar refractivity (Wildman–Crippen MR) is 145 cm³/mol. The summed E-state index contributed by atoms with van der Waals surface area (Å²) in [5.41, 5.74) is 1.64. The molecule has 1 aromatic rings. The fraction of sp³-hybridized carbons (Fsp3) is 0.700. The van der Waals surface area contributed by atoms with Gasteiger partial charge in [0.15, 0.2) is 0 Å². The Balaban J connectivity index is 1.45. The lowest BCUT2D eigenvalue weighted by molar-refractivity contribution is -0.136. The van der Waals surface area contributed by atoms with Crippen molar-refractivity contribution in [2.45, 2.75) is 116 Å². The van der Waals surface area contributed by atoms with Gasteiger partial charge in [0.1, 0.15) is 0 Å². The molecule has 3 atom stereocenters. The van der Waals surface area contributed by atoms with Crippen molar-refractivity contribution < 1.29 is 14.4 Å². The SMILES string of the molecule is CCCCCCCCCC(=O)N1CCCC(C(=O)N[C@@H]2CCCC[C@H]2NC(=O)c2ccccc2C)C1. The Morgan fingerprint density at radius 2 is 1.53 bits per heavy atom. The molecule has 2 fully saturated rings. The summed E-state index contributed by atoms with van der Waals surface area (Å²) in [7, 11) is 0. The van der Waals surface area contributed by atoms with Crippen LogP contribution < -0.4 is 10.6 Å². The van der Waals surface area contributed by atoms with E-state index in [4.69, 9.17) is 0 Å². The molecular weight excluding hydrogens is 450 g/mol. The van der Waals surface area contributed by atoms with Gasteiger partial charge in [-0.25, -0.2) is 0 Å². The number of rotatable bonds is 12. The Bertz CT molecular complexity index is 856. The minimum atomic E-state index is -0.161. The standard InChI is InChI=1S/C30H47N3O3/c1-3-4-5-6-7-8-9-20-28(34)33-21-14-16-24(22-33)29(35)31-26-18-12-13-19-27(26)32-30(36)25-17-11-10-15-23(25)2/h10-11,15,17,24,26-27H,3-9,12-14,16,18-22H2,1-2H3,(H,31,35)(H,32,36)/t24?,26-,27-/m1/s1. The Labute approximate surface area is 218 Å². The molecule has 6 heteroatoms. The number of nitrogens with one attached hydrogen (secondary N) is 2. The number of amides is 3. The van der Waals surface area contributed by atoms with Gasteiger partial charge >= 0.3 is 0 Å². The van der Waals surface area contributed by atoms with E-state index in [0.29, 0.717) is 18.5 Å². The molecule has 0 bridgehead atoms. The molecule has 1 heterocycles. The van der Waals surface area contributed by atoms with Crippen LogP contribution in [-0.4, -0.2) is 47.8 Å². The van der Waals surface area contributed by atoms with Gasteiger partial charge in [-0.05, 0) is 50.7 Å². The second-order valence-corrected chi connectivity index (χ2v) is 10.8. The number of benzene rings is 1. The normalized spacial score (nSPS) is 22.2. The highest BCUT2D eigenvalue weighted by molar-refractivity contribution is 5.95. The topological polar surface area (TPSA) is 78.5 Å². The second kappa shape index (κ2) is 15.0. The quantitative estimate of drug-likeness (QED) is 0.373. The van der Waals surface area contributed by atoms with Crippen molar-refractivity contribution >= 4 is 17.7 Å². The van der Waals surface area contributed by atoms with Crippen molar-refractivity contribution in [1.29, 1.82) is 0 Å². The third-order valence-electron chi connectivity index (χ3n) is 7.94. The lowest BCUT2D eigenvalue weighted by Crippen LogP contribution is -2.55. The summed E-state index contributed by atoms with van der Waals surface area (Å²) in [5.74, 6) is -0.00185. The third kappa shape index (κ3) is 8.63. The maximum atomic E-state index is 13.2. The van der Waals surface area contributed by atoms with Crippen molar-refractivity contribution in [2.24, 2.45) is 5.92 Å². The van der Waals surface area contributed by atoms with Crippen molar-refractivity contribution in [2.75, 3.05) is 13.1 Å². The third-order valence-corrected chi connectivity index (χ3v) is 7.94. The molecule has 36 heavy (non-hydrogen) atoms. The van der Waals surface area contributed by atoms with Crippen LogP contribution in [0, 0.1) is 12.8 Å². The van der Waals surface area contributed by atoms with Crippen molar-refractivity contribution in [1.82, 2.24) is 15.5 Å². The first-order valence-electron chi connectivity index (χ1n) is 14.4. The van der Waals surface area contributed by atoms with Gasteiger partial charge in [-0.3, -0.25) is 14.4 Å². The van der Waals surface area contributed by atoms with E-state index in [2.05, 4.69) is 17.6 Å². The van der Waals surface area contributed by atoms with Gasteiger partial charge in [0.2, 0.25) is 11.8 Å². The van der Waals surface area contributed by atoms with Crippen LogP contribution in [-0.2, 0) is 9.59 Å². The average Bonchev–Trinajstić information content (AvgIpc) is 2.89. The van der Waals surface area contributed by atoms with E-state index in [1.165, 1.54) is 32.1 Å². The van der Waals surface area contributed by atoms with Gasteiger partial charge in [0.25, 0.3) is 5.91 Å². The van der Waals surface area contributed by atoms with Crippen molar-refractivity contribution in [3.8, 4) is 0 Å². The number of hydrogen-bond acceptors (Lipinski definition) is 3. The maximum absolute atomic E-state index is 13.2. The monoisotopic (exact) mass is 497 g/mol. The Hall–Kier alpha value is -2.37. The first kappa shape index (κ1) is 28.2. The zero-order valence-electron chi connectivity index (χ0n) is 22.5. The number of aryl methyl sites for hydroxylation is 1. The molecule has 3 rings (SSSR count). The molecule has 1 saturated heterocycles. The van der Waals surface area contributed by atoms with E-state index < -0.39 is 0 Å². The first-order chi connectivity index (χ1) is 17.5. The van der Waals surface area contributed by atoms with E-state index >= 15 is 0 Å². The van der Waals surface area contributed by atoms with Crippen LogP contribution in [0.25, 0.3) is 0 Å². The number of carbonyl (C=O) groups is 3. The fourth-order valence-electron chi connectivity index (χ4n) is 5.66. The first-order valence-corrected chi connectivity index (χ1v) is 14.4. The minimum absolute atomic E-state index is 0.0328. The number of nitrogens with zero attached hydrogens (tertiary/aromatic N) is 1. The highest BCUT2D eigenvalue weighted by Gasteiger charge is 2.33. The molecule has 2 N–H and O–H groups in total. The van der Waals surface area contributed by atoms with Gasteiger partial charge in [0, 0.05) is 37.2 Å². The maximum Gasteiger partial charge on any atom is 0.251 e. The van der Waals surface area contributed by atoms with Crippen molar-refractivity contribution in [3.63, 3.8) is 0 Å². The highest BCUT2D eigenvalue weighted by atomic mass is 16.2. The van der Waals surface area contributed by atoms with Crippen LogP contribution in [0.4, 0.5) is 0 Å². The molecule has 1 unspecified atom stereocenters. The Kier molecular flexibility index (Phi) is 11.8. The summed E-state index contributed by atoms with van der Waals surface area (Å²) in [6.07, 6.45) is 14.5. The van der Waals surface area contributed by atoms with Gasteiger partial charge in [-0.15, -0.1) is 0 Å². The van der Waals surface area contributed by atoms with Gasteiger partial charge in [-0.2, -0.15) is 0 Å². The summed E-state index contributed by atoms with van der Waals surface area (Å²) >= 11 is 0. The van der Waals surface area contributed by atoms with Crippen LogP contribution >= 0.6 is 0 Å². The van der Waals surface area contributed by atoms with Crippen LogP contribution in [0.1, 0.15) is 113 Å². The van der Waals surface area contributed by atoms with E-state index in [0.717, 1.165) is 63.5 Å². The summed E-state index contributed by atoms with van der Waals surface area (Å²) in [6.45, 7) is 5.45. The highest BCUT2D eigenvalue weighted by Crippen LogP contribution is 2.23. The molecule has 2 aliphatic rings. The summed E-state index contributed by atoms with van der Waals surface area (Å²) in [4.78, 5) is 40.8. The summed E-state index contributed by atoms with van der Waals surface area (Å²) < 4.78 is 0. The zero-order chi connectivity index (χ0) is 25.8. The number of hydrogen-bond donors (Lipinski definition) is 2. The molecule has 200 valence electrons. The second-order valence-electron chi connectivity index (χ2n) is 10.8. The molecule has 1 saturated carbocycles. The molecule has 6 nitrogen and oxygen atoms in total.